The third-order valence-electron chi connectivity index (χ3n) is 1.63. The molecular weight excluding hydrogens is 140 g/mol. The molecule has 0 atom stereocenters. The lowest BCUT2D eigenvalue weighted by Crippen LogP contribution is -2.04. The molecule has 0 aromatic carbocycles. The lowest BCUT2D eigenvalue weighted by molar-refractivity contribution is 0.186. The maximum atomic E-state index is 4.96. The van der Waals surface area contributed by atoms with Crippen LogP contribution in [0.2, 0.25) is 0 Å². The highest BCUT2D eigenvalue weighted by atomic mass is 16.5. The third kappa shape index (κ3) is 2.05. The van der Waals surface area contributed by atoms with Gasteiger partial charge in [-0.1, -0.05) is 0 Å². The molecule has 0 bridgehead atoms. The summed E-state index contributed by atoms with van der Waals surface area (Å²) in [5.41, 5.74) is 1.07. The van der Waals surface area contributed by atoms with Gasteiger partial charge in [0.1, 0.15) is 5.82 Å². The molecule has 1 rings (SSSR count). The topological polar surface area (TPSA) is 27.1 Å². The average molecular weight is 154 g/mol. The maximum Gasteiger partial charge on any atom is 0.105 e. The molecule has 0 radical (unpaired) electrons. The van der Waals surface area contributed by atoms with Crippen molar-refractivity contribution < 1.29 is 4.74 Å². The second-order valence-corrected chi connectivity index (χ2v) is 2.62. The quantitative estimate of drug-likeness (QED) is 0.653. The summed E-state index contributed by atoms with van der Waals surface area (Å²) < 4.78 is 7.06. The van der Waals surface area contributed by atoms with E-state index >= 15 is 0 Å². The zero-order valence-electron chi connectivity index (χ0n) is 7.29. The van der Waals surface area contributed by atoms with Gasteiger partial charge in [0.15, 0.2) is 0 Å². The van der Waals surface area contributed by atoms with Crippen LogP contribution in [0.15, 0.2) is 6.20 Å². The predicted molar refractivity (Wildman–Crippen MR) is 43.6 cm³/mol. The Hall–Kier alpha value is -0.830. The van der Waals surface area contributed by atoms with Gasteiger partial charge in [-0.25, -0.2) is 4.98 Å². The van der Waals surface area contributed by atoms with Gasteiger partial charge in [0.2, 0.25) is 0 Å². The molecule has 1 heterocycles. The van der Waals surface area contributed by atoms with Crippen molar-refractivity contribution in [2.75, 3.05) is 13.7 Å². The Balaban J connectivity index is 2.62. The molecule has 3 heteroatoms. The molecule has 0 spiro atoms. The standard InChI is InChI=1S/C8H14N2O/c1-7-6-10(4-5-11-3)8(2)9-7/h6H,4-5H2,1-3H3. The van der Waals surface area contributed by atoms with Crippen LogP contribution in [-0.4, -0.2) is 23.3 Å². The normalized spacial score (nSPS) is 10.5. The van der Waals surface area contributed by atoms with Gasteiger partial charge >= 0.3 is 0 Å². The minimum atomic E-state index is 0.747. The summed E-state index contributed by atoms with van der Waals surface area (Å²) in [5, 5.41) is 0. The summed E-state index contributed by atoms with van der Waals surface area (Å²) in [6, 6.07) is 0. The number of imidazole rings is 1. The van der Waals surface area contributed by atoms with Crippen LogP contribution in [-0.2, 0) is 11.3 Å². The van der Waals surface area contributed by atoms with Crippen molar-refractivity contribution in [1.82, 2.24) is 9.55 Å². The number of aromatic nitrogens is 2. The summed E-state index contributed by atoms with van der Waals surface area (Å²) in [7, 11) is 1.71. The molecule has 0 aliphatic rings. The Morgan fingerprint density at radius 3 is 2.73 bits per heavy atom. The Morgan fingerprint density at radius 2 is 2.27 bits per heavy atom. The summed E-state index contributed by atoms with van der Waals surface area (Å²) in [5.74, 6) is 1.06. The number of hydrogen-bond donors (Lipinski definition) is 0. The Kier molecular flexibility index (Phi) is 2.65. The number of methoxy groups -OCH3 is 1. The van der Waals surface area contributed by atoms with Crippen molar-refractivity contribution >= 4 is 0 Å². The lowest BCUT2D eigenvalue weighted by Gasteiger charge is -2.01. The van der Waals surface area contributed by atoms with Gasteiger partial charge in [-0.05, 0) is 13.8 Å². The number of hydrogen-bond acceptors (Lipinski definition) is 2. The van der Waals surface area contributed by atoms with E-state index in [1.165, 1.54) is 0 Å². The van der Waals surface area contributed by atoms with E-state index < -0.39 is 0 Å². The van der Waals surface area contributed by atoms with Crippen molar-refractivity contribution in [3.8, 4) is 0 Å². The summed E-state index contributed by atoms with van der Waals surface area (Å²) >= 11 is 0. The van der Waals surface area contributed by atoms with E-state index in [2.05, 4.69) is 9.55 Å². The van der Waals surface area contributed by atoms with E-state index in [1.54, 1.807) is 7.11 Å². The third-order valence-corrected chi connectivity index (χ3v) is 1.63. The Morgan fingerprint density at radius 1 is 1.55 bits per heavy atom. The van der Waals surface area contributed by atoms with Gasteiger partial charge in [0.25, 0.3) is 0 Å². The minimum Gasteiger partial charge on any atom is -0.383 e. The number of ether oxygens (including phenoxy) is 1. The van der Waals surface area contributed by atoms with Gasteiger partial charge in [-0.15, -0.1) is 0 Å². The second-order valence-electron chi connectivity index (χ2n) is 2.62. The fourth-order valence-electron chi connectivity index (χ4n) is 1.08. The van der Waals surface area contributed by atoms with E-state index in [0.717, 1.165) is 24.7 Å². The molecule has 0 saturated heterocycles. The van der Waals surface area contributed by atoms with Crippen LogP contribution in [0.1, 0.15) is 11.5 Å². The summed E-state index contributed by atoms with van der Waals surface area (Å²) in [6.07, 6.45) is 2.04. The molecular formula is C8H14N2O. The van der Waals surface area contributed by atoms with Crippen LogP contribution >= 0.6 is 0 Å². The van der Waals surface area contributed by atoms with Crippen molar-refractivity contribution in [2.24, 2.45) is 0 Å². The molecule has 0 saturated carbocycles. The van der Waals surface area contributed by atoms with Crippen LogP contribution in [0.4, 0.5) is 0 Å². The first kappa shape index (κ1) is 8.27. The smallest absolute Gasteiger partial charge is 0.105 e. The Labute approximate surface area is 67.0 Å². The highest BCUT2D eigenvalue weighted by Gasteiger charge is 1.98. The van der Waals surface area contributed by atoms with Crippen LogP contribution in [0.25, 0.3) is 0 Å². The van der Waals surface area contributed by atoms with Crippen molar-refractivity contribution in [2.45, 2.75) is 20.4 Å². The van der Waals surface area contributed by atoms with Gasteiger partial charge in [0, 0.05) is 19.9 Å². The fourth-order valence-corrected chi connectivity index (χ4v) is 1.08. The van der Waals surface area contributed by atoms with Crippen LogP contribution in [0.5, 0.6) is 0 Å². The van der Waals surface area contributed by atoms with Gasteiger partial charge < -0.3 is 9.30 Å². The highest BCUT2D eigenvalue weighted by molar-refractivity contribution is 4.99. The number of nitrogens with zero attached hydrogens (tertiary/aromatic N) is 2. The molecule has 0 aliphatic heterocycles. The molecule has 1 aromatic heterocycles. The molecule has 0 unspecified atom stereocenters. The average Bonchev–Trinajstić information content (AvgIpc) is 2.26. The first-order valence-electron chi connectivity index (χ1n) is 3.73. The van der Waals surface area contributed by atoms with Crippen LogP contribution < -0.4 is 0 Å². The van der Waals surface area contributed by atoms with Crippen molar-refractivity contribution in [3.63, 3.8) is 0 Å². The van der Waals surface area contributed by atoms with E-state index in [4.69, 9.17) is 4.74 Å². The lowest BCUT2D eigenvalue weighted by atomic mass is 10.5. The fraction of sp³-hybridized carbons (Fsp3) is 0.625. The molecule has 0 aliphatic carbocycles. The number of rotatable bonds is 3. The number of aryl methyl sites for hydroxylation is 2. The predicted octanol–water partition coefficient (Wildman–Crippen LogP) is 1.15. The van der Waals surface area contributed by atoms with E-state index in [9.17, 15) is 0 Å². The first-order chi connectivity index (χ1) is 5.24. The van der Waals surface area contributed by atoms with Gasteiger partial charge in [0.05, 0.1) is 12.3 Å². The Bertz CT molecular complexity index is 230. The van der Waals surface area contributed by atoms with Gasteiger partial charge in [-0.2, -0.15) is 0 Å². The zero-order chi connectivity index (χ0) is 8.27. The molecule has 0 fully saturated rings. The van der Waals surface area contributed by atoms with E-state index in [1.807, 2.05) is 20.0 Å². The zero-order valence-corrected chi connectivity index (χ0v) is 7.29. The molecule has 0 amide bonds. The molecule has 11 heavy (non-hydrogen) atoms. The summed E-state index contributed by atoms with van der Waals surface area (Å²) in [4.78, 5) is 4.27. The first-order valence-corrected chi connectivity index (χ1v) is 3.73. The van der Waals surface area contributed by atoms with Crippen LogP contribution in [0.3, 0.4) is 0 Å². The van der Waals surface area contributed by atoms with Crippen molar-refractivity contribution in [1.29, 1.82) is 0 Å². The molecule has 3 nitrogen and oxygen atoms in total. The van der Waals surface area contributed by atoms with E-state index in [0.29, 0.717) is 0 Å². The summed E-state index contributed by atoms with van der Waals surface area (Å²) in [6.45, 7) is 5.64. The van der Waals surface area contributed by atoms with Crippen molar-refractivity contribution in [3.05, 3.63) is 17.7 Å². The molecule has 1 aromatic rings. The van der Waals surface area contributed by atoms with Crippen LogP contribution in [0, 0.1) is 13.8 Å². The highest BCUT2D eigenvalue weighted by Crippen LogP contribution is 1.99. The van der Waals surface area contributed by atoms with Gasteiger partial charge in [-0.3, -0.25) is 0 Å². The molecule has 0 N–H and O–H groups in total. The van der Waals surface area contributed by atoms with E-state index in [-0.39, 0.29) is 0 Å². The maximum absolute atomic E-state index is 4.96. The monoisotopic (exact) mass is 154 g/mol. The SMILES string of the molecule is COCCn1cc(C)nc1C. The second kappa shape index (κ2) is 3.53. The molecule has 62 valence electrons. The largest absolute Gasteiger partial charge is 0.383 e. The minimum absolute atomic E-state index is 0.747.